The first-order valence-corrected chi connectivity index (χ1v) is 10.3. The summed E-state index contributed by atoms with van der Waals surface area (Å²) in [5, 5.41) is 9.87. The highest BCUT2D eigenvalue weighted by Gasteiger charge is 2.22. The molecule has 0 saturated heterocycles. The Morgan fingerprint density at radius 1 is 0.875 bits per heavy atom. The third kappa shape index (κ3) is 3.34. The van der Waals surface area contributed by atoms with E-state index >= 15 is 0 Å². The lowest BCUT2D eigenvalue weighted by Crippen LogP contribution is -2.06. The topological polar surface area (TPSA) is 49.2 Å². The molecule has 160 valence electrons. The molecule has 0 aromatic heterocycles. The number of hydrogen-bond donors (Lipinski definition) is 0. The lowest BCUT2D eigenvalue weighted by molar-refractivity contribution is 0.355. The number of nitrogens with zero attached hydrogens (tertiary/aromatic N) is 3. The number of ether oxygens (including phenoxy) is 2. The van der Waals surface area contributed by atoms with Gasteiger partial charge >= 0.3 is 0 Å². The molecular weight excluding hydrogens is 405 g/mol. The lowest BCUT2D eigenvalue weighted by atomic mass is 10.0. The van der Waals surface area contributed by atoms with Crippen LogP contribution in [0.1, 0.15) is 11.1 Å². The number of hydrogen-bond acceptors (Lipinski definition) is 4. The van der Waals surface area contributed by atoms with E-state index in [2.05, 4.69) is 22.3 Å². The van der Waals surface area contributed by atoms with Crippen LogP contribution in [0.25, 0.3) is 33.4 Å². The van der Waals surface area contributed by atoms with E-state index < -0.39 is 0 Å². The molecule has 2 heterocycles. The number of benzene rings is 3. The molecule has 0 fully saturated rings. The molecule has 2 aliphatic heterocycles. The van der Waals surface area contributed by atoms with E-state index in [4.69, 9.17) is 9.47 Å². The fraction of sp³-hybridized carbons (Fsp3) is 0.154. The molecule has 0 atom stereocenters. The number of aryl methyl sites for hydroxylation is 1. The number of halogens is 1. The Morgan fingerprint density at radius 3 is 2.28 bits per heavy atom. The summed E-state index contributed by atoms with van der Waals surface area (Å²) in [6, 6.07) is 18.8. The Morgan fingerprint density at radius 2 is 1.56 bits per heavy atom. The van der Waals surface area contributed by atoms with Crippen LogP contribution in [0, 0.1) is 12.7 Å². The molecule has 0 radical (unpaired) electrons. The van der Waals surface area contributed by atoms with Crippen LogP contribution in [0.2, 0.25) is 0 Å². The summed E-state index contributed by atoms with van der Waals surface area (Å²) in [6.45, 7) is 2.40. The average Bonchev–Trinajstić information content (AvgIpc) is 3.24. The maximum absolute atomic E-state index is 14.5. The van der Waals surface area contributed by atoms with Crippen LogP contribution in [0.4, 0.5) is 4.39 Å². The minimum absolute atomic E-state index is 0.244. The van der Waals surface area contributed by atoms with Crippen LogP contribution in [0.3, 0.4) is 0 Å². The van der Waals surface area contributed by atoms with Gasteiger partial charge in [0.2, 0.25) is 0 Å². The van der Waals surface area contributed by atoms with Crippen molar-refractivity contribution in [2.75, 3.05) is 14.2 Å². The number of methoxy groups -OCH3 is 2. The first-order valence-electron chi connectivity index (χ1n) is 10.3. The lowest BCUT2D eigenvalue weighted by Gasteiger charge is -2.18. The monoisotopic (exact) mass is 427 g/mol. The van der Waals surface area contributed by atoms with E-state index in [0.29, 0.717) is 23.6 Å². The van der Waals surface area contributed by atoms with Crippen LogP contribution in [0.5, 0.6) is 11.5 Å². The minimum atomic E-state index is -0.244. The van der Waals surface area contributed by atoms with Crippen LogP contribution < -0.4 is 9.47 Å². The molecule has 0 unspecified atom stereocenters. The van der Waals surface area contributed by atoms with E-state index in [-0.39, 0.29) is 5.82 Å². The van der Waals surface area contributed by atoms with E-state index in [1.807, 2.05) is 48.0 Å². The maximum Gasteiger partial charge on any atom is 0.162 e. The number of rotatable bonds is 5. The second kappa shape index (κ2) is 7.96. The van der Waals surface area contributed by atoms with Gasteiger partial charge in [-0.2, -0.15) is 0 Å². The van der Waals surface area contributed by atoms with Gasteiger partial charge in [-0.05, 0) is 19.1 Å². The van der Waals surface area contributed by atoms with Crippen LogP contribution in [-0.4, -0.2) is 29.0 Å². The van der Waals surface area contributed by atoms with Crippen molar-refractivity contribution in [3.05, 3.63) is 83.8 Å². The van der Waals surface area contributed by atoms with Crippen LogP contribution >= 0.6 is 0 Å². The van der Waals surface area contributed by atoms with Gasteiger partial charge in [0.25, 0.3) is 0 Å². The second-order valence-electron chi connectivity index (χ2n) is 7.75. The van der Waals surface area contributed by atoms with Crippen molar-refractivity contribution in [2.45, 2.75) is 13.5 Å². The van der Waals surface area contributed by atoms with Gasteiger partial charge in [0.05, 0.1) is 26.3 Å². The molecule has 0 N–H and O–H groups in total. The predicted octanol–water partition coefficient (Wildman–Crippen LogP) is 5.72. The van der Waals surface area contributed by atoms with E-state index in [9.17, 15) is 4.39 Å². The summed E-state index contributed by atoms with van der Waals surface area (Å²) >= 11 is 0. The van der Waals surface area contributed by atoms with Crippen LogP contribution in [-0.2, 0) is 6.54 Å². The predicted molar refractivity (Wildman–Crippen MR) is 123 cm³/mol. The summed E-state index contributed by atoms with van der Waals surface area (Å²) in [7, 11) is 3.20. The fourth-order valence-corrected chi connectivity index (χ4v) is 4.03. The molecule has 5 rings (SSSR count). The summed E-state index contributed by atoms with van der Waals surface area (Å²) in [5.74, 6) is 0.955. The molecule has 3 aromatic rings. The van der Waals surface area contributed by atoms with Gasteiger partial charge in [-0.15, -0.1) is 10.2 Å². The van der Waals surface area contributed by atoms with Crippen LogP contribution in [0.15, 0.2) is 66.9 Å². The highest BCUT2D eigenvalue weighted by molar-refractivity contribution is 5.99. The number of pyridine rings is 1. The minimum Gasteiger partial charge on any atom is -0.493 e. The zero-order valence-corrected chi connectivity index (χ0v) is 18.1. The van der Waals surface area contributed by atoms with Gasteiger partial charge in [-0.3, -0.25) is 0 Å². The van der Waals surface area contributed by atoms with Gasteiger partial charge in [0.1, 0.15) is 17.2 Å². The van der Waals surface area contributed by atoms with E-state index in [1.165, 1.54) is 11.6 Å². The van der Waals surface area contributed by atoms with Gasteiger partial charge in [-0.25, -0.2) is 4.39 Å². The molecule has 0 saturated carbocycles. The Balaban J connectivity index is 1.79. The van der Waals surface area contributed by atoms with Crippen molar-refractivity contribution in [2.24, 2.45) is 0 Å². The summed E-state index contributed by atoms with van der Waals surface area (Å²) in [4.78, 5) is 0. The first-order chi connectivity index (χ1) is 15.6. The maximum atomic E-state index is 14.5. The Labute approximate surface area is 185 Å². The molecule has 2 aliphatic rings. The molecule has 0 amide bonds. The Kier molecular flexibility index (Phi) is 4.98. The van der Waals surface area contributed by atoms with E-state index in [0.717, 1.165) is 33.4 Å². The normalized spacial score (nSPS) is 11.2. The largest absolute Gasteiger partial charge is 0.493 e. The van der Waals surface area contributed by atoms with Crippen molar-refractivity contribution in [1.29, 1.82) is 0 Å². The van der Waals surface area contributed by atoms with Crippen molar-refractivity contribution in [1.82, 2.24) is 14.8 Å². The van der Waals surface area contributed by atoms with Gasteiger partial charge < -0.3 is 14.0 Å². The average molecular weight is 427 g/mol. The summed E-state index contributed by atoms with van der Waals surface area (Å²) in [6.07, 6.45) is 1.99. The summed E-state index contributed by atoms with van der Waals surface area (Å²) in [5.41, 5.74) is 6.06. The quantitative estimate of drug-likeness (QED) is 0.360. The Hall–Kier alpha value is -3.93. The third-order valence-electron chi connectivity index (χ3n) is 5.74. The highest BCUT2D eigenvalue weighted by Crippen LogP contribution is 2.41. The van der Waals surface area contributed by atoms with Crippen molar-refractivity contribution >= 4 is 10.9 Å². The molecule has 6 heteroatoms. The van der Waals surface area contributed by atoms with Gasteiger partial charge in [-0.1, -0.05) is 48.0 Å². The molecule has 0 spiro atoms. The molecule has 3 aromatic carbocycles. The fourth-order valence-electron chi connectivity index (χ4n) is 4.03. The zero-order valence-electron chi connectivity index (χ0n) is 18.1. The molecular formula is C26H22FN3O2. The standard InChI is InChI=1S/C26H22FN3O2/c1-16-8-10-17(11-9-16)25-20-15-30(14-18-6-4-5-7-21(18)27)22-13-24(32-3)23(31-2)12-19(22)26(20)29-28-25/h4-13,15H,14H2,1-3H3. The first kappa shape index (κ1) is 20.0. The third-order valence-corrected chi connectivity index (χ3v) is 5.74. The van der Waals surface area contributed by atoms with Crippen molar-refractivity contribution < 1.29 is 13.9 Å². The van der Waals surface area contributed by atoms with Gasteiger partial charge in [0.15, 0.2) is 11.5 Å². The SMILES string of the molecule is COc1cc2c3nnc(-c4ccc(C)cc4)c-3cn(Cc3ccccc3F)c2cc1OC. The molecule has 32 heavy (non-hydrogen) atoms. The highest BCUT2D eigenvalue weighted by atomic mass is 19.1. The van der Waals surface area contributed by atoms with E-state index in [1.54, 1.807) is 26.4 Å². The van der Waals surface area contributed by atoms with Gasteiger partial charge in [0, 0.05) is 34.3 Å². The smallest absolute Gasteiger partial charge is 0.162 e. The second-order valence-corrected chi connectivity index (χ2v) is 7.75. The summed E-state index contributed by atoms with van der Waals surface area (Å²) < 4.78 is 27.6. The van der Waals surface area contributed by atoms with Crippen molar-refractivity contribution in [3.8, 4) is 34.0 Å². The zero-order chi connectivity index (χ0) is 22.2. The number of aromatic nitrogens is 3. The molecule has 0 bridgehead atoms. The Bertz CT molecular complexity index is 1390. The number of fused-ring (bicyclic) bond motifs is 3. The van der Waals surface area contributed by atoms with Crippen molar-refractivity contribution in [3.63, 3.8) is 0 Å². The molecule has 5 nitrogen and oxygen atoms in total. The molecule has 0 aliphatic carbocycles.